The molecule has 1 amide bonds. The predicted octanol–water partition coefficient (Wildman–Crippen LogP) is 1.95. The minimum Gasteiger partial charge on any atom is -0.325 e. The quantitative estimate of drug-likeness (QED) is 0.936. The van der Waals surface area contributed by atoms with Gasteiger partial charge in [0.25, 0.3) is 0 Å². The summed E-state index contributed by atoms with van der Waals surface area (Å²) in [4.78, 5) is 17.5. The Kier molecular flexibility index (Phi) is 4.02. The summed E-state index contributed by atoms with van der Waals surface area (Å²) in [6, 6.07) is 6.26. The van der Waals surface area contributed by atoms with Crippen LogP contribution in [0, 0.1) is 0 Å². The molecule has 3 aliphatic heterocycles. The van der Waals surface area contributed by atoms with Crippen molar-refractivity contribution in [1.82, 2.24) is 19.6 Å². The van der Waals surface area contributed by atoms with Gasteiger partial charge in [0.05, 0.1) is 5.52 Å². The van der Waals surface area contributed by atoms with Gasteiger partial charge < -0.3 is 5.32 Å². The lowest BCUT2D eigenvalue weighted by atomic mass is 10.1. The van der Waals surface area contributed by atoms with Gasteiger partial charge in [0.1, 0.15) is 6.04 Å². The van der Waals surface area contributed by atoms with Crippen molar-refractivity contribution in [3.8, 4) is 0 Å². The predicted molar refractivity (Wildman–Crippen MR) is 95.2 cm³/mol. The van der Waals surface area contributed by atoms with Crippen LogP contribution >= 0.6 is 0 Å². The fourth-order valence-corrected chi connectivity index (χ4v) is 3.70. The van der Waals surface area contributed by atoms with E-state index in [1.54, 1.807) is 0 Å². The molecule has 3 atom stereocenters. The first-order valence-corrected chi connectivity index (χ1v) is 8.86. The van der Waals surface area contributed by atoms with Crippen molar-refractivity contribution in [3.63, 3.8) is 0 Å². The van der Waals surface area contributed by atoms with E-state index in [4.69, 9.17) is 0 Å². The van der Waals surface area contributed by atoms with Crippen molar-refractivity contribution in [3.05, 3.63) is 24.4 Å². The summed E-state index contributed by atoms with van der Waals surface area (Å²) in [5, 5.41) is 8.79. The highest BCUT2D eigenvalue weighted by Gasteiger charge is 2.34. The van der Waals surface area contributed by atoms with Crippen molar-refractivity contribution in [1.29, 1.82) is 0 Å². The van der Waals surface area contributed by atoms with Crippen LogP contribution in [0.4, 0.5) is 5.69 Å². The summed E-state index contributed by atoms with van der Waals surface area (Å²) >= 11 is 0. The third-order valence-electron chi connectivity index (χ3n) is 5.12. The van der Waals surface area contributed by atoms with E-state index in [9.17, 15) is 4.79 Å². The van der Waals surface area contributed by atoms with Crippen LogP contribution in [-0.4, -0.2) is 64.3 Å². The maximum absolute atomic E-state index is 12.8. The van der Waals surface area contributed by atoms with Gasteiger partial charge in [-0.2, -0.15) is 5.10 Å². The Balaban J connectivity index is 1.52. The van der Waals surface area contributed by atoms with E-state index in [1.807, 2.05) is 22.9 Å². The van der Waals surface area contributed by atoms with E-state index in [0.29, 0.717) is 6.04 Å². The van der Waals surface area contributed by atoms with Crippen LogP contribution < -0.4 is 5.32 Å². The number of carbonyl (C=O) groups is 1. The van der Waals surface area contributed by atoms with Gasteiger partial charge in [-0.15, -0.1) is 0 Å². The minimum absolute atomic E-state index is 0.0369. The van der Waals surface area contributed by atoms with E-state index in [2.05, 4.69) is 40.3 Å². The molecule has 6 heteroatoms. The molecular formula is C18H25N5O. The summed E-state index contributed by atoms with van der Waals surface area (Å²) in [5.74, 6) is 0.101. The molecule has 5 rings (SSSR count). The van der Waals surface area contributed by atoms with Gasteiger partial charge in [-0.3, -0.25) is 19.3 Å². The van der Waals surface area contributed by atoms with Crippen molar-refractivity contribution < 1.29 is 4.79 Å². The third kappa shape index (κ3) is 2.91. The summed E-state index contributed by atoms with van der Waals surface area (Å²) < 4.78 is 1.96. The molecule has 2 aromatic rings. The van der Waals surface area contributed by atoms with E-state index in [1.165, 1.54) is 0 Å². The number of nitrogens with one attached hydrogen (secondary N) is 1. The number of nitrogens with zero attached hydrogens (tertiary/aromatic N) is 4. The minimum atomic E-state index is -0.0369. The number of piperazine rings is 1. The number of carbonyl (C=O) groups excluding carboxylic acids is 1. The molecule has 1 aromatic heterocycles. The van der Waals surface area contributed by atoms with Crippen LogP contribution in [0.25, 0.3) is 10.9 Å². The fraction of sp³-hybridized carbons (Fsp3) is 0.556. The van der Waals surface area contributed by atoms with Gasteiger partial charge in [0.15, 0.2) is 0 Å². The van der Waals surface area contributed by atoms with Crippen molar-refractivity contribution >= 4 is 22.5 Å². The smallest absolute Gasteiger partial charge is 0.243 e. The zero-order valence-electron chi connectivity index (χ0n) is 14.4. The second-order valence-corrected chi connectivity index (χ2v) is 7.17. The molecule has 2 unspecified atom stereocenters. The largest absolute Gasteiger partial charge is 0.325 e. The molecule has 1 aromatic carbocycles. The molecule has 6 nitrogen and oxygen atoms in total. The van der Waals surface area contributed by atoms with Gasteiger partial charge in [0, 0.05) is 49.5 Å². The maximum atomic E-state index is 12.8. The summed E-state index contributed by atoms with van der Waals surface area (Å²) in [6.07, 6.45) is 3.21. The third-order valence-corrected chi connectivity index (χ3v) is 5.12. The highest BCUT2D eigenvalue weighted by molar-refractivity contribution is 5.97. The Morgan fingerprint density at radius 1 is 1.25 bits per heavy atom. The Morgan fingerprint density at radius 2 is 2.12 bits per heavy atom. The van der Waals surface area contributed by atoms with Crippen LogP contribution in [0.2, 0.25) is 0 Å². The van der Waals surface area contributed by atoms with Gasteiger partial charge in [-0.05, 0) is 45.0 Å². The lowest BCUT2D eigenvalue weighted by molar-refractivity contribution is -0.122. The summed E-state index contributed by atoms with van der Waals surface area (Å²) in [6.45, 7) is 9.28. The average molecular weight is 327 g/mol. The molecular weight excluding hydrogens is 302 g/mol. The van der Waals surface area contributed by atoms with E-state index in [-0.39, 0.29) is 11.9 Å². The number of hydrogen-bond donors (Lipinski definition) is 1. The van der Waals surface area contributed by atoms with Gasteiger partial charge in [-0.25, -0.2) is 0 Å². The highest BCUT2D eigenvalue weighted by Crippen LogP contribution is 2.21. The fourth-order valence-electron chi connectivity index (χ4n) is 3.70. The second-order valence-electron chi connectivity index (χ2n) is 7.17. The first-order chi connectivity index (χ1) is 11.6. The normalized spacial score (nSPS) is 26.7. The molecule has 0 aliphatic carbocycles. The SMILES string of the molecule is CC(C)n1cc2ccc(NC(=O)[C@H]3CN4CCCN3CC4)cc2n1. The zero-order chi connectivity index (χ0) is 16.7. The summed E-state index contributed by atoms with van der Waals surface area (Å²) in [7, 11) is 0. The topological polar surface area (TPSA) is 53.4 Å². The van der Waals surface area contributed by atoms with Crippen molar-refractivity contribution in [2.24, 2.45) is 0 Å². The molecule has 1 N–H and O–H groups in total. The molecule has 24 heavy (non-hydrogen) atoms. The number of rotatable bonds is 3. The number of fused-ring (bicyclic) bond motifs is 5. The average Bonchev–Trinajstić information content (AvgIpc) is 2.73. The van der Waals surface area contributed by atoms with E-state index >= 15 is 0 Å². The standard InChI is InChI=1S/C18H25N5O/c1-13(2)23-11-14-4-5-15(10-16(14)20-23)19-18(24)17-12-21-6-3-7-22(17)9-8-21/h4-5,10-11,13,17H,3,6-9,12H2,1-2H3,(H,19,24)/t17-/m1/s1. The Labute approximate surface area is 142 Å². The van der Waals surface area contributed by atoms with Crippen LogP contribution in [-0.2, 0) is 4.79 Å². The van der Waals surface area contributed by atoms with Crippen LogP contribution in [0.1, 0.15) is 26.3 Å². The molecule has 128 valence electrons. The zero-order valence-corrected chi connectivity index (χ0v) is 14.4. The monoisotopic (exact) mass is 327 g/mol. The molecule has 0 radical (unpaired) electrons. The number of benzene rings is 1. The second kappa shape index (κ2) is 6.18. The number of anilines is 1. The van der Waals surface area contributed by atoms with Gasteiger partial charge in [0.2, 0.25) is 5.91 Å². The van der Waals surface area contributed by atoms with Gasteiger partial charge in [-0.1, -0.05) is 0 Å². The lowest BCUT2D eigenvalue weighted by Gasteiger charge is -2.36. The summed E-state index contributed by atoms with van der Waals surface area (Å²) in [5.41, 5.74) is 1.76. The first kappa shape index (κ1) is 15.6. The van der Waals surface area contributed by atoms with Crippen molar-refractivity contribution in [2.75, 3.05) is 38.0 Å². The number of aromatic nitrogens is 2. The van der Waals surface area contributed by atoms with Crippen LogP contribution in [0.15, 0.2) is 24.4 Å². The molecule has 0 spiro atoms. The highest BCUT2D eigenvalue weighted by atomic mass is 16.2. The maximum Gasteiger partial charge on any atom is 0.243 e. The van der Waals surface area contributed by atoms with Crippen LogP contribution in [0.5, 0.6) is 0 Å². The Morgan fingerprint density at radius 3 is 2.96 bits per heavy atom. The molecule has 3 aliphatic rings. The van der Waals surface area contributed by atoms with E-state index in [0.717, 1.165) is 55.7 Å². The number of amides is 1. The van der Waals surface area contributed by atoms with Gasteiger partial charge >= 0.3 is 0 Å². The molecule has 3 saturated heterocycles. The molecule has 2 bridgehead atoms. The Bertz CT molecular complexity index is 749. The molecule has 3 fully saturated rings. The van der Waals surface area contributed by atoms with E-state index < -0.39 is 0 Å². The molecule has 4 heterocycles. The van der Waals surface area contributed by atoms with Crippen molar-refractivity contribution in [2.45, 2.75) is 32.4 Å². The first-order valence-electron chi connectivity index (χ1n) is 8.86. The lowest BCUT2D eigenvalue weighted by Crippen LogP contribution is -2.55. The molecule has 0 saturated carbocycles. The Hall–Kier alpha value is -1.92. The number of hydrogen-bond acceptors (Lipinski definition) is 4. The van der Waals surface area contributed by atoms with Crippen LogP contribution in [0.3, 0.4) is 0 Å².